The van der Waals surface area contributed by atoms with Crippen LogP contribution in [0.1, 0.15) is 90.9 Å². The first kappa shape index (κ1) is 23.3. The number of aromatic nitrogens is 1. The summed E-state index contributed by atoms with van der Waals surface area (Å²) in [6.45, 7) is 5.40. The fourth-order valence-corrected chi connectivity index (χ4v) is 8.22. The highest BCUT2D eigenvalue weighted by Crippen LogP contribution is 2.65. The molecule has 1 aromatic rings. The maximum Gasteiger partial charge on any atom is 0.355 e. The van der Waals surface area contributed by atoms with Crippen LogP contribution >= 0.6 is 15.9 Å². The van der Waals surface area contributed by atoms with Crippen molar-refractivity contribution in [3.05, 3.63) is 22.5 Å². The molecule has 4 aliphatic carbocycles. The number of esters is 3. The quantitative estimate of drug-likeness (QED) is 0.306. The molecule has 1 N–H and O–H groups in total. The van der Waals surface area contributed by atoms with Gasteiger partial charge in [-0.05, 0) is 82.1 Å². The molecule has 2 atom stereocenters. The van der Waals surface area contributed by atoms with Crippen LogP contribution in [0.15, 0.2) is 0 Å². The lowest BCUT2D eigenvalue weighted by Gasteiger charge is -2.60. The van der Waals surface area contributed by atoms with Crippen LogP contribution in [0, 0.1) is 24.2 Å². The lowest BCUT2D eigenvalue weighted by molar-refractivity contribution is -0.152. The summed E-state index contributed by atoms with van der Waals surface area (Å²) in [4.78, 5) is 40.6. The minimum atomic E-state index is -0.552. The average Bonchev–Trinajstić information content (AvgIpc) is 3.01. The van der Waals surface area contributed by atoms with Crippen molar-refractivity contribution in [1.82, 2.24) is 4.98 Å². The Labute approximate surface area is 197 Å². The van der Waals surface area contributed by atoms with E-state index in [-0.39, 0.29) is 46.8 Å². The zero-order chi connectivity index (χ0) is 23.1. The molecule has 4 aliphatic rings. The van der Waals surface area contributed by atoms with E-state index < -0.39 is 11.9 Å². The van der Waals surface area contributed by atoms with Gasteiger partial charge in [-0.3, -0.25) is 4.79 Å². The molecule has 0 saturated heterocycles. The summed E-state index contributed by atoms with van der Waals surface area (Å²) in [5.41, 5.74) is 1.23. The Kier molecular flexibility index (Phi) is 6.45. The summed E-state index contributed by atoms with van der Waals surface area (Å²) in [6, 6.07) is 0. The van der Waals surface area contributed by atoms with Gasteiger partial charge in [0.2, 0.25) is 0 Å². The molecule has 4 saturated carbocycles. The van der Waals surface area contributed by atoms with E-state index in [9.17, 15) is 14.4 Å². The van der Waals surface area contributed by atoms with E-state index in [0.29, 0.717) is 29.5 Å². The zero-order valence-electron chi connectivity index (χ0n) is 19.1. The van der Waals surface area contributed by atoms with Crippen LogP contribution in [0.25, 0.3) is 0 Å². The monoisotopic (exact) mass is 509 g/mol. The van der Waals surface area contributed by atoms with Crippen LogP contribution in [0.3, 0.4) is 0 Å². The Bertz CT molecular complexity index is 908. The highest BCUT2D eigenvalue weighted by atomic mass is 79.9. The van der Waals surface area contributed by atoms with Crippen LogP contribution in [0.2, 0.25) is 0 Å². The topological polar surface area (TPSA) is 94.7 Å². The summed E-state index contributed by atoms with van der Waals surface area (Å²) < 4.78 is 16.0. The van der Waals surface area contributed by atoms with E-state index in [1.54, 1.807) is 20.8 Å². The third-order valence-electron chi connectivity index (χ3n) is 7.29. The molecule has 2 unspecified atom stereocenters. The highest BCUT2D eigenvalue weighted by Gasteiger charge is 2.57. The van der Waals surface area contributed by atoms with Crippen molar-refractivity contribution in [1.29, 1.82) is 0 Å². The van der Waals surface area contributed by atoms with Crippen molar-refractivity contribution < 1.29 is 28.6 Å². The largest absolute Gasteiger partial charge is 0.462 e. The predicted molar refractivity (Wildman–Crippen MR) is 121 cm³/mol. The van der Waals surface area contributed by atoms with E-state index >= 15 is 0 Å². The number of carbonyl (C=O) groups is 3. The molecule has 0 spiro atoms. The van der Waals surface area contributed by atoms with E-state index in [0.717, 1.165) is 19.3 Å². The van der Waals surface area contributed by atoms with Crippen molar-refractivity contribution in [3.63, 3.8) is 0 Å². The normalized spacial score (nSPS) is 30.2. The summed E-state index contributed by atoms with van der Waals surface area (Å²) in [6.07, 6.45) is 7.30. The van der Waals surface area contributed by atoms with Gasteiger partial charge in [-0.15, -0.1) is 0 Å². The predicted octanol–water partition coefficient (Wildman–Crippen LogP) is 4.84. The lowest BCUT2D eigenvalue weighted by Crippen LogP contribution is -2.53. The molecule has 0 aliphatic heterocycles. The molecule has 7 nitrogen and oxygen atoms in total. The molecular weight excluding hydrogens is 478 g/mol. The number of carbonyl (C=O) groups excluding carboxylic acids is 3. The standard InChI is InChI=1S/C24H32BrNO6/c1-4-30-21(28)19-14(3)20(22(29)31-5-2)26-17(19)12-32-18(27)11-23-7-15-6-16(8-23)10-24(25,9-15)13-23/h15-16,26H,4-13H2,1-3H3. The molecule has 5 rings (SSSR count). The van der Waals surface area contributed by atoms with E-state index in [2.05, 4.69) is 20.9 Å². The third-order valence-corrected chi connectivity index (χ3v) is 8.22. The molecule has 1 heterocycles. The van der Waals surface area contributed by atoms with Gasteiger partial charge in [0.05, 0.1) is 30.9 Å². The Balaban J connectivity index is 1.47. The second-order valence-electron chi connectivity index (χ2n) is 9.87. The number of hydrogen-bond donors (Lipinski definition) is 1. The summed E-state index contributed by atoms with van der Waals surface area (Å²) in [5.74, 6) is 0.0198. The van der Waals surface area contributed by atoms with Crippen molar-refractivity contribution in [3.8, 4) is 0 Å². The van der Waals surface area contributed by atoms with E-state index in [1.165, 1.54) is 19.3 Å². The molecule has 0 radical (unpaired) electrons. The molecule has 8 heteroatoms. The number of ether oxygens (including phenoxy) is 3. The first-order valence-corrected chi connectivity index (χ1v) is 12.4. The van der Waals surface area contributed by atoms with Crippen molar-refractivity contribution in [2.45, 2.75) is 76.6 Å². The summed E-state index contributed by atoms with van der Waals surface area (Å²) in [5, 5.41) is 0. The molecule has 4 fully saturated rings. The summed E-state index contributed by atoms with van der Waals surface area (Å²) >= 11 is 3.98. The van der Waals surface area contributed by atoms with Crippen LogP contribution in [0.4, 0.5) is 0 Å². The molecule has 4 bridgehead atoms. The maximum absolute atomic E-state index is 12.9. The van der Waals surface area contributed by atoms with Crippen molar-refractivity contribution in [2.75, 3.05) is 13.2 Å². The Morgan fingerprint density at radius 2 is 1.62 bits per heavy atom. The summed E-state index contributed by atoms with van der Waals surface area (Å²) in [7, 11) is 0. The average molecular weight is 510 g/mol. The fraction of sp³-hybridized carbons (Fsp3) is 0.708. The molecule has 0 aromatic carbocycles. The Hall–Kier alpha value is -1.83. The van der Waals surface area contributed by atoms with E-state index in [4.69, 9.17) is 14.2 Å². The first-order valence-electron chi connectivity index (χ1n) is 11.6. The molecule has 32 heavy (non-hydrogen) atoms. The van der Waals surface area contributed by atoms with E-state index in [1.807, 2.05) is 0 Å². The molecule has 176 valence electrons. The van der Waals surface area contributed by atoms with Gasteiger partial charge in [0.25, 0.3) is 0 Å². The van der Waals surface area contributed by atoms with Gasteiger partial charge in [0.1, 0.15) is 12.3 Å². The number of rotatable bonds is 8. The van der Waals surface area contributed by atoms with Gasteiger partial charge in [-0.2, -0.15) is 0 Å². The van der Waals surface area contributed by atoms with Crippen LogP contribution in [0.5, 0.6) is 0 Å². The number of alkyl halides is 1. The SMILES string of the molecule is CCOC(=O)c1[nH]c(COC(=O)CC23CC4CC(CC(Br)(C4)C2)C3)c(C(=O)OCC)c1C. The minimum absolute atomic E-state index is 0.0103. The van der Waals surface area contributed by atoms with Crippen molar-refractivity contribution >= 4 is 33.8 Å². The maximum atomic E-state index is 12.9. The molecule has 1 aromatic heterocycles. The first-order chi connectivity index (χ1) is 15.2. The Morgan fingerprint density at radius 1 is 1.00 bits per heavy atom. The second-order valence-corrected chi connectivity index (χ2v) is 11.6. The van der Waals surface area contributed by atoms with Gasteiger partial charge in [-0.1, -0.05) is 15.9 Å². The van der Waals surface area contributed by atoms with Crippen LogP contribution in [-0.2, 0) is 25.6 Å². The smallest absolute Gasteiger partial charge is 0.355 e. The van der Waals surface area contributed by atoms with Crippen LogP contribution < -0.4 is 0 Å². The minimum Gasteiger partial charge on any atom is -0.462 e. The van der Waals surface area contributed by atoms with Gasteiger partial charge in [0, 0.05) is 4.32 Å². The number of aromatic amines is 1. The number of H-pyrrole nitrogens is 1. The zero-order valence-corrected chi connectivity index (χ0v) is 20.6. The third kappa shape index (κ3) is 4.47. The second kappa shape index (κ2) is 8.84. The molecular formula is C24H32BrNO6. The Morgan fingerprint density at radius 3 is 2.22 bits per heavy atom. The fourth-order valence-electron chi connectivity index (χ4n) is 6.71. The number of hydrogen-bond acceptors (Lipinski definition) is 6. The van der Waals surface area contributed by atoms with Crippen LogP contribution in [-0.4, -0.2) is 40.4 Å². The van der Waals surface area contributed by atoms with Gasteiger partial charge >= 0.3 is 17.9 Å². The number of halogens is 1. The van der Waals surface area contributed by atoms with Gasteiger partial charge < -0.3 is 19.2 Å². The van der Waals surface area contributed by atoms with Gasteiger partial charge in [0.15, 0.2) is 0 Å². The lowest BCUT2D eigenvalue weighted by atomic mass is 9.49. The number of nitrogens with one attached hydrogen (secondary N) is 1. The van der Waals surface area contributed by atoms with Crippen molar-refractivity contribution in [2.24, 2.45) is 17.3 Å². The van der Waals surface area contributed by atoms with Gasteiger partial charge in [-0.25, -0.2) is 9.59 Å². The highest BCUT2D eigenvalue weighted by molar-refractivity contribution is 9.10. The molecule has 0 amide bonds.